The van der Waals surface area contributed by atoms with Gasteiger partial charge in [0.2, 0.25) is 11.9 Å². The number of azo groups is 1. The van der Waals surface area contributed by atoms with Crippen LogP contribution in [-0.2, 0) is 65.8 Å². The van der Waals surface area contributed by atoms with Crippen molar-refractivity contribution in [3.63, 3.8) is 0 Å². The van der Waals surface area contributed by atoms with Gasteiger partial charge in [0.05, 0.1) is 45.6 Å². The Hall–Kier alpha value is -5.87. The number of phenolic OH excluding ortho intramolecular Hbond substituents is 1. The van der Waals surface area contributed by atoms with Crippen LogP contribution in [0.25, 0.3) is 5.43 Å². The third-order valence-electron chi connectivity index (χ3n) is 7.50. The summed E-state index contributed by atoms with van der Waals surface area (Å²) in [5.41, 5.74) is 2.77. The van der Waals surface area contributed by atoms with Gasteiger partial charge in [0.1, 0.15) is 5.69 Å². The first kappa shape index (κ1) is 51.8. The van der Waals surface area contributed by atoms with Crippen LogP contribution < -0.4 is 10.6 Å². The molecule has 0 bridgehead atoms. The number of aliphatic carboxylic acids is 1. The normalized spacial score (nSPS) is 12.1. The molecule has 0 amide bonds. The van der Waals surface area contributed by atoms with E-state index < -0.39 is 88.4 Å². The number of anilines is 4. The van der Waals surface area contributed by atoms with Gasteiger partial charge in [-0.25, -0.2) is 22.7 Å². The molecule has 1 aromatic heterocycles. The number of rotatable bonds is 21. The zero-order valence-electron chi connectivity index (χ0n) is 31.9. The molecular formula is C33H28CuN9O17S5-. The quantitative estimate of drug-likeness (QED) is 0.00438. The first-order valence-electron chi connectivity index (χ1n) is 16.9. The van der Waals surface area contributed by atoms with E-state index in [0.717, 1.165) is 24.3 Å². The molecular weight excluding hydrogens is 1020 g/mol. The first-order valence-corrected chi connectivity index (χ1v) is 23.1. The van der Waals surface area contributed by atoms with Crippen molar-refractivity contribution in [3.8, 4) is 5.75 Å². The average Bonchev–Trinajstić information content (AvgIpc) is 3.22. The Bertz CT molecular complexity index is 2940. The molecule has 0 spiro atoms. The molecule has 0 aliphatic heterocycles. The van der Waals surface area contributed by atoms with E-state index in [1.807, 2.05) is 0 Å². The predicted molar refractivity (Wildman–Crippen MR) is 223 cm³/mol. The van der Waals surface area contributed by atoms with Crippen LogP contribution in [0.4, 0.5) is 34.6 Å². The number of phenols is 1. The van der Waals surface area contributed by atoms with Crippen molar-refractivity contribution in [2.45, 2.75) is 19.8 Å². The monoisotopic (exact) mass is 1040 g/mol. The summed E-state index contributed by atoms with van der Waals surface area (Å²) in [6.07, 6.45) is 0. The number of carboxylic acids is 2. The third kappa shape index (κ3) is 15.7. The summed E-state index contributed by atoms with van der Waals surface area (Å²) in [5, 5.41) is 59.4. The fourth-order valence-electron chi connectivity index (χ4n) is 4.74. The average molecular weight is 1050 g/mol. The number of hydrogen-bond acceptors (Lipinski definition) is 22. The minimum Gasteiger partial charge on any atom is -0.573 e. The van der Waals surface area contributed by atoms with E-state index in [9.17, 15) is 54.7 Å². The van der Waals surface area contributed by atoms with Crippen LogP contribution in [0.3, 0.4) is 0 Å². The molecule has 26 nitrogen and oxygen atoms in total. The number of amidine groups is 1. The number of nitrogens with zero attached hydrogens (tertiary/aromatic N) is 7. The molecule has 8 N–H and O–H groups in total. The molecule has 5 rings (SSSR count). The van der Waals surface area contributed by atoms with Crippen molar-refractivity contribution in [2.75, 3.05) is 28.7 Å². The maximum absolute atomic E-state index is 12.6. The van der Waals surface area contributed by atoms with E-state index in [1.54, 1.807) is 18.2 Å². The van der Waals surface area contributed by atoms with E-state index >= 15 is 0 Å². The van der Waals surface area contributed by atoms with Crippen LogP contribution in [0, 0.1) is 0 Å². The summed E-state index contributed by atoms with van der Waals surface area (Å²) >= 11 is 1.13. The van der Waals surface area contributed by atoms with Gasteiger partial charge in [-0.3, -0.25) is 13.9 Å². The number of benzene rings is 4. The van der Waals surface area contributed by atoms with Crippen LogP contribution in [0.1, 0.15) is 15.9 Å². The SMILES string of the molecule is O=C(O)CSc1nc(Nc2ccc(S(=O)(=O)CCOS(=O)(=O)O)cc2)nc(Nc2cc(S(=O)(=O)O)cc(N=NC(=N[N-]c3cc(SOOO)ccc3C(=O)O)c3ccccc3)c2O)n1.[Cu]. The van der Waals surface area contributed by atoms with Crippen molar-refractivity contribution in [3.05, 3.63) is 101 Å². The second-order valence-corrected chi connectivity index (χ2v) is 18.2. The molecule has 1 radical (unpaired) electrons. The largest absolute Gasteiger partial charge is 0.573 e. The van der Waals surface area contributed by atoms with Gasteiger partial charge in [-0.15, -0.1) is 20.2 Å². The van der Waals surface area contributed by atoms with E-state index in [1.165, 1.54) is 42.5 Å². The summed E-state index contributed by atoms with van der Waals surface area (Å²) in [7, 11) is -14.0. The van der Waals surface area contributed by atoms with Gasteiger partial charge in [0.25, 0.3) is 10.1 Å². The van der Waals surface area contributed by atoms with Crippen molar-refractivity contribution >= 4 is 107 Å². The minimum atomic E-state index is -5.04. The molecule has 4 aromatic carbocycles. The summed E-state index contributed by atoms with van der Waals surface area (Å²) in [6.45, 7) is -0.863. The maximum atomic E-state index is 12.6. The zero-order chi connectivity index (χ0) is 46.7. The number of carboxylic acid groups (broad SMARTS) is 2. The number of aromatic carboxylic acids is 1. The smallest absolute Gasteiger partial charge is 0.397 e. The van der Waals surface area contributed by atoms with Gasteiger partial charge in [-0.1, -0.05) is 53.2 Å². The van der Waals surface area contributed by atoms with Crippen LogP contribution in [0.2, 0.25) is 0 Å². The molecule has 1 heterocycles. The Morgan fingerprint density at radius 1 is 0.831 bits per heavy atom. The molecule has 5 aromatic rings. The number of nitrogens with one attached hydrogen (secondary N) is 2. The third-order valence-corrected chi connectivity index (χ3v) is 11.9. The van der Waals surface area contributed by atoms with Crippen molar-refractivity contribution in [2.24, 2.45) is 15.3 Å². The first-order chi connectivity index (χ1) is 30.2. The van der Waals surface area contributed by atoms with Crippen molar-refractivity contribution in [1.29, 1.82) is 0 Å². The molecule has 65 heavy (non-hydrogen) atoms. The predicted octanol–water partition coefficient (Wildman–Crippen LogP) is 5.36. The van der Waals surface area contributed by atoms with Crippen LogP contribution in [0.15, 0.2) is 120 Å². The van der Waals surface area contributed by atoms with Gasteiger partial charge in [-0.05, 0) is 48.5 Å². The zero-order valence-corrected chi connectivity index (χ0v) is 36.9. The standard InChI is InChI=1S/C33H29N9O17S5.Cu/c43-27(44)17-60-33-37-31(34-19-6-9-21(10-7-19)62(49,50)13-12-57-64(54,55)56)36-32(38-33)35-25-15-22(63(51,52)53)16-26(28(25)45)40-42-29(18-4-2-1-3-5-18)41-39-24-14-20(61-59-58-48)8-11-23(24)30(46)47;/h1-11,14-16H,12-13,17H2,(H9,34,35,36,37,38,39,40,41,42,43,44,45,46,47,48,51,52,53,54,55,56);/p-1. The van der Waals surface area contributed by atoms with Gasteiger partial charge < -0.3 is 36.5 Å². The number of thioether (sulfide) groups is 1. The van der Waals surface area contributed by atoms with Gasteiger partial charge in [0, 0.05) is 38.8 Å². The Kier molecular flexibility index (Phi) is 18.2. The van der Waals surface area contributed by atoms with Gasteiger partial charge in [-0.2, -0.15) is 31.8 Å². The Morgan fingerprint density at radius 2 is 1.51 bits per heavy atom. The summed E-state index contributed by atoms with van der Waals surface area (Å²) in [4.78, 5) is 34.8. The molecule has 0 saturated heterocycles. The number of hydrogen-bond donors (Lipinski definition) is 8. The number of aromatic hydroxyl groups is 1. The molecule has 0 aliphatic carbocycles. The number of sulfone groups is 1. The Morgan fingerprint density at radius 3 is 2.12 bits per heavy atom. The summed E-state index contributed by atoms with van der Waals surface area (Å²) in [6, 6.07) is 17.9. The van der Waals surface area contributed by atoms with E-state index in [2.05, 4.69) is 59.9 Å². The second-order valence-electron chi connectivity index (χ2n) is 11.9. The van der Waals surface area contributed by atoms with Crippen LogP contribution in [0.5, 0.6) is 5.75 Å². The molecule has 0 atom stereocenters. The molecule has 0 unspecified atom stereocenters. The van der Waals surface area contributed by atoms with Gasteiger partial charge >= 0.3 is 22.3 Å². The molecule has 349 valence electrons. The molecule has 32 heteroatoms. The van der Waals surface area contributed by atoms with Gasteiger partial charge in [0.15, 0.2) is 26.6 Å². The fourth-order valence-corrected chi connectivity index (χ4v) is 7.70. The molecule has 0 saturated carbocycles. The Labute approximate surface area is 385 Å². The summed E-state index contributed by atoms with van der Waals surface area (Å²) < 4.78 is 98.7. The fraction of sp³-hybridized carbons (Fsp3) is 0.0909. The van der Waals surface area contributed by atoms with E-state index in [-0.39, 0.29) is 66.3 Å². The van der Waals surface area contributed by atoms with Crippen molar-refractivity contribution in [1.82, 2.24) is 15.0 Å². The second kappa shape index (κ2) is 22.8. The van der Waals surface area contributed by atoms with Crippen LogP contribution in [-0.4, -0.2) is 106 Å². The minimum absolute atomic E-state index is 0. The topological polar surface area (TPSA) is 400 Å². The number of aromatic nitrogens is 3. The van der Waals surface area contributed by atoms with E-state index in [0.29, 0.717) is 23.8 Å². The Balaban J connectivity index is 0.00000925. The maximum Gasteiger partial charge on any atom is 0.397 e. The summed E-state index contributed by atoms with van der Waals surface area (Å²) in [5.74, 6) is -5.83. The van der Waals surface area contributed by atoms with E-state index in [4.69, 9.17) is 9.81 Å². The number of carbonyl (C=O) groups is 2. The molecule has 0 aliphatic rings. The van der Waals surface area contributed by atoms with Crippen LogP contribution >= 0.6 is 23.8 Å². The molecule has 0 fully saturated rings. The van der Waals surface area contributed by atoms with Crippen molar-refractivity contribution < 1.29 is 95.1 Å².